The number of carbonyl (C=O) groups excluding carboxylic acids is 3. The summed E-state index contributed by atoms with van der Waals surface area (Å²) in [5.41, 5.74) is 1.18. The van der Waals surface area contributed by atoms with Gasteiger partial charge < -0.3 is 5.32 Å². The number of nitrogens with one attached hydrogen (secondary N) is 2. The minimum Gasteiger partial charge on any atom is -0.335 e. The van der Waals surface area contributed by atoms with Gasteiger partial charge in [-0.05, 0) is 32.1 Å². The zero-order valence-corrected chi connectivity index (χ0v) is 19.3. The molecule has 7 nitrogen and oxygen atoms in total. The normalized spacial score (nSPS) is 14.9. The van der Waals surface area contributed by atoms with E-state index in [-0.39, 0.29) is 23.9 Å². The van der Waals surface area contributed by atoms with E-state index in [0.717, 1.165) is 77.0 Å². The number of hydroxylamine groups is 1. The fourth-order valence-electron chi connectivity index (χ4n) is 4.01. The van der Waals surface area contributed by atoms with Gasteiger partial charge in [0.15, 0.2) is 0 Å². The van der Waals surface area contributed by atoms with Crippen LogP contribution in [0.3, 0.4) is 0 Å². The highest BCUT2D eigenvalue weighted by Crippen LogP contribution is 2.24. The molecule has 3 N–H and O–H groups in total. The van der Waals surface area contributed by atoms with Crippen molar-refractivity contribution >= 4 is 17.8 Å². The Morgan fingerprint density at radius 1 is 0.967 bits per heavy atom. The number of urea groups is 1. The van der Waals surface area contributed by atoms with Crippen LogP contribution in [0.15, 0.2) is 0 Å². The van der Waals surface area contributed by atoms with Crippen molar-refractivity contribution in [3.05, 3.63) is 0 Å². The van der Waals surface area contributed by atoms with E-state index in [1.165, 1.54) is 11.3 Å². The maximum Gasteiger partial charge on any atom is 0.324 e. The van der Waals surface area contributed by atoms with Crippen LogP contribution in [0.2, 0.25) is 0 Å². The summed E-state index contributed by atoms with van der Waals surface area (Å²) in [4.78, 5) is 38.1. The minimum absolute atomic E-state index is 0.0677. The van der Waals surface area contributed by atoms with Gasteiger partial charge in [-0.1, -0.05) is 72.1 Å². The molecule has 0 aromatic carbocycles. The number of rotatable bonds is 13. The molecule has 0 unspecified atom stereocenters. The molecule has 0 aliphatic heterocycles. The van der Waals surface area contributed by atoms with Crippen LogP contribution < -0.4 is 10.8 Å². The molecule has 1 rings (SSSR count). The summed E-state index contributed by atoms with van der Waals surface area (Å²) in [5.74, 6) is -0.410. The maximum atomic E-state index is 12.6. The van der Waals surface area contributed by atoms with Crippen LogP contribution in [0.25, 0.3) is 0 Å². The van der Waals surface area contributed by atoms with Crippen LogP contribution in [0.1, 0.15) is 111 Å². The predicted molar refractivity (Wildman–Crippen MR) is 118 cm³/mol. The zero-order chi connectivity index (χ0) is 22.4. The molecule has 0 radical (unpaired) electrons. The molecule has 174 valence electrons. The highest BCUT2D eigenvalue weighted by Gasteiger charge is 2.26. The Balaban J connectivity index is 2.21. The van der Waals surface area contributed by atoms with Gasteiger partial charge in [0.2, 0.25) is 11.8 Å². The summed E-state index contributed by atoms with van der Waals surface area (Å²) in [7, 11) is 0. The molecule has 0 saturated heterocycles. The van der Waals surface area contributed by atoms with Gasteiger partial charge in [0, 0.05) is 24.4 Å². The van der Waals surface area contributed by atoms with Crippen LogP contribution in [-0.4, -0.2) is 40.5 Å². The fraction of sp³-hybridized carbons (Fsp3) is 0.870. The highest BCUT2D eigenvalue weighted by atomic mass is 16.5. The molecular formula is C23H43N3O4. The number of amides is 4. The molecule has 1 fully saturated rings. The Hall–Kier alpha value is -1.63. The summed E-state index contributed by atoms with van der Waals surface area (Å²) in [6.07, 6.45) is 13.3. The third-order valence-corrected chi connectivity index (χ3v) is 6.08. The summed E-state index contributed by atoms with van der Waals surface area (Å²) >= 11 is 0. The quantitative estimate of drug-likeness (QED) is 0.222. The third-order valence-electron chi connectivity index (χ3n) is 6.08. The fourth-order valence-corrected chi connectivity index (χ4v) is 4.01. The molecule has 0 spiro atoms. The molecule has 0 atom stereocenters. The molecule has 4 amide bonds. The summed E-state index contributed by atoms with van der Waals surface area (Å²) in [6, 6.07) is -0.00452. The van der Waals surface area contributed by atoms with Crippen LogP contribution in [0.4, 0.5) is 4.79 Å². The lowest BCUT2D eigenvalue weighted by Gasteiger charge is -2.27. The largest absolute Gasteiger partial charge is 0.335 e. The van der Waals surface area contributed by atoms with Gasteiger partial charge in [0.25, 0.3) is 0 Å². The van der Waals surface area contributed by atoms with Crippen molar-refractivity contribution in [2.24, 2.45) is 5.41 Å². The first-order chi connectivity index (χ1) is 14.3. The monoisotopic (exact) mass is 425 g/mol. The Morgan fingerprint density at radius 3 is 2.17 bits per heavy atom. The molecular weight excluding hydrogens is 382 g/mol. The van der Waals surface area contributed by atoms with Gasteiger partial charge in [0.05, 0.1) is 0 Å². The standard InChI is InChI=1S/C23H43N3O4/c1-4-18-26(22(29)24-19-14-10-9-11-15-19)20(27)16-12-7-5-6-8-13-17-23(2,3)21(28)25-30/h19,30H,4-18H2,1-3H3,(H,24,29)(H,25,28). The van der Waals surface area contributed by atoms with Gasteiger partial charge in [-0.2, -0.15) is 0 Å². The molecule has 0 bridgehead atoms. The van der Waals surface area contributed by atoms with Gasteiger partial charge in [-0.3, -0.25) is 19.7 Å². The molecule has 1 aliphatic carbocycles. The van der Waals surface area contributed by atoms with Gasteiger partial charge in [-0.15, -0.1) is 0 Å². The van der Waals surface area contributed by atoms with Crippen molar-refractivity contribution in [1.29, 1.82) is 0 Å². The highest BCUT2D eigenvalue weighted by molar-refractivity contribution is 5.94. The average Bonchev–Trinajstić information content (AvgIpc) is 2.73. The zero-order valence-electron chi connectivity index (χ0n) is 19.3. The van der Waals surface area contributed by atoms with Crippen LogP contribution in [-0.2, 0) is 9.59 Å². The second-order valence-electron chi connectivity index (χ2n) is 9.28. The first-order valence-electron chi connectivity index (χ1n) is 11.9. The predicted octanol–water partition coefficient (Wildman–Crippen LogP) is 4.92. The Kier molecular flexibility index (Phi) is 12.7. The van der Waals surface area contributed by atoms with Gasteiger partial charge >= 0.3 is 6.03 Å². The Bertz CT molecular complexity index is 531. The van der Waals surface area contributed by atoms with Crippen molar-refractivity contribution in [2.45, 2.75) is 117 Å². The van der Waals surface area contributed by atoms with E-state index in [1.54, 1.807) is 5.48 Å². The number of unbranched alkanes of at least 4 members (excludes halogenated alkanes) is 5. The summed E-state index contributed by atoms with van der Waals surface area (Å²) in [6.45, 7) is 6.13. The van der Waals surface area contributed by atoms with E-state index in [2.05, 4.69) is 5.32 Å². The van der Waals surface area contributed by atoms with Crippen LogP contribution in [0, 0.1) is 5.41 Å². The molecule has 1 aliphatic rings. The topological polar surface area (TPSA) is 98.7 Å². The second-order valence-corrected chi connectivity index (χ2v) is 9.28. The maximum absolute atomic E-state index is 12.6. The molecule has 1 saturated carbocycles. The minimum atomic E-state index is -0.553. The van der Waals surface area contributed by atoms with Crippen molar-refractivity contribution < 1.29 is 19.6 Å². The smallest absolute Gasteiger partial charge is 0.324 e. The Morgan fingerprint density at radius 2 is 1.57 bits per heavy atom. The van der Waals surface area contributed by atoms with Crippen molar-refractivity contribution in [3.8, 4) is 0 Å². The molecule has 0 aromatic rings. The van der Waals surface area contributed by atoms with Crippen LogP contribution in [0.5, 0.6) is 0 Å². The average molecular weight is 426 g/mol. The van der Waals surface area contributed by atoms with E-state index in [1.807, 2.05) is 20.8 Å². The first kappa shape index (κ1) is 26.4. The lowest BCUT2D eigenvalue weighted by molar-refractivity contribution is -0.138. The number of hydrogen-bond acceptors (Lipinski definition) is 4. The summed E-state index contributed by atoms with van der Waals surface area (Å²) in [5, 5.41) is 11.8. The van der Waals surface area contributed by atoms with Gasteiger partial charge in [0.1, 0.15) is 0 Å². The third kappa shape index (κ3) is 9.92. The number of carbonyl (C=O) groups is 3. The van der Waals surface area contributed by atoms with Crippen molar-refractivity contribution in [2.75, 3.05) is 6.54 Å². The summed E-state index contributed by atoms with van der Waals surface area (Å²) < 4.78 is 0. The Labute approximate surface area is 182 Å². The molecule has 0 heterocycles. The van der Waals surface area contributed by atoms with E-state index in [4.69, 9.17) is 5.21 Å². The SMILES string of the molecule is CCCN(C(=O)CCCCCCCCC(C)(C)C(=O)NO)C(=O)NC1CCCCC1. The van der Waals surface area contributed by atoms with Crippen molar-refractivity contribution in [1.82, 2.24) is 15.7 Å². The van der Waals surface area contributed by atoms with Crippen molar-refractivity contribution in [3.63, 3.8) is 0 Å². The number of hydrogen-bond donors (Lipinski definition) is 3. The van der Waals surface area contributed by atoms with E-state index in [0.29, 0.717) is 13.0 Å². The number of nitrogens with zero attached hydrogens (tertiary/aromatic N) is 1. The first-order valence-corrected chi connectivity index (χ1v) is 11.9. The van der Waals surface area contributed by atoms with Gasteiger partial charge in [-0.25, -0.2) is 10.3 Å². The molecule has 30 heavy (non-hydrogen) atoms. The molecule has 0 aromatic heterocycles. The lowest BCUT2D eigenvalue weighted by Crippen LogP contribution is -2.48. The van der Waals surface area contributed by atoms with Crippen LogP contribution >= 0.6 is 0 Å². The second kappa shape index (κ2) is 14.4. The molecule has 7 heteroatoms. The lowest BCUT2D eigenvalue weighted by atomic mass is 9.86. The van der Waals surface area contributed by atoms with E-state index in [9.17, 15) is 14.4 Å². The van der Waals surface area contributed by atoms with E-state index >= 15 is 0 Å². The van der Waals surface area contributed by atoms with E-state index < -0.39 is 5.41 Å². The number of imide groups is 1.